The molecule has 0 saturated carbocycles. The van der Waals surface area contributed by atoms with E-state index in [4.69, 9.17) is 0 Å². The van der Waals surface area contributed by atoms with E-state index in [9.17, 15) is 9.59 Å². The van der Waals surface area contributed by atoms with Crippen LogP contribution in [0.2, 0.25) is 0 Å². The van der Waals surface area contributed by atoms with Gasteiger partial charge in [-0.05, 0) is 49.8 Å². The molecule has 0 spiro atoms. The van der Waals surface area contributed by atoms with E-state index in [1.54, 1.807) is 23.2 Å². The van der Waals surface area contributed by atoms with Gasteiger partial charge in [0.05, 0.1) is 17.5 Å². The Labute approximate surface area is 142 Å². The van der Waals surface area contributed by atoms with Gasteiger partial charge in [0.15, 0.2) is 0 Å². The maximum Gasteiger partial charge on any atom is 0.328 e. The number of benzene rings is 1. The summed E-state index contributed by atoms with van der Waals surface area (Å²) < 4.78 is 3.24. The Morgan fingerprint density at radius 1 is 1.17 bits per heavy atom. The van der Waals surface area contributed by atoms with E-state index in [-0.39, 0.29) is 11.6 Å². The molecule has 1 aromatic heterocycles. The van der Waals surface area contributed by atoms with Crippen LogP contribution in [0.15, 0.2) is 34.6 Å². The van der Waals surface area contributed by atoms with Gasteiger partial charge in [0.1, 0.15) is 0 Å². The first-order chi connectivity index (χ1) is 11.6. The van der Waals surface area contributed by atoms with Crippen molar-refractivity contribution >= 4 is 16.9 Å². The average Bonchev–Trinajstić information content (AvgIpc) is 2.80. The lowest BCUT2D eigenvalue weighted by atomic mass is 9.97. The third kappa shape index (κ3) is 3.45. The molecule has 0 fully saturated rings. The Balaban J connectivity index is 1.60. The third-order valence-electron chi connectivity index (χ3n) is 4.85. The smallest absolute Gasteiger partial charge is 0.328 e. The second-order valence-electron chi connectivity index (χ2n) is 6.61. The van der Waals surface area contributed by atoms with Crippen LogP contribution in [0.25, 0.3) is 11.0 Å². The second-order valence-corrected chi connectivity index (χ2v) is 6.61. The summed E-state index contributed by atoms with van der Waals surface area (Å²) in [6.45, 7) is 0.705. The van der Waals surface area contributed by atoms with Crippen LogP contribution < -0.4 is 11.0 Å². The fourth-order valence-electron chi connectivity index (χ4n) is 3.40. The van der Waals surface area contributed by atoms with Gasteiger partial charge < -0.3 is 5.32 Å². The molecule has 0 radical (unpaired) electrons. The number of hydrogen-bond donors (Lipinski definition) is 1. The number of amides is 1. The van der Waals surface area contributed by atoms with E-state index in [2.05, 4.69) is 11.4 Å². The minimum absolute atomic E-state index is 0.0340. The maximum absolute atomic E-state index is 12.1. The van der Waals surface area contributed by atoms with E-state index in [1.165, 1.54) is 31.3 Å². The van der Waals surface area contributed by atoms with Gasteiger partial charge in [-0.25, -0.2) is 4.79 Å². The standard InChI is InChI=1S/C19H25N3O2/c1-21-16-9-8-15(12-17(16)22(2)19(21)24)13-18(23)20-11-10-14-6-4-3-5-7-14/h6,8-9,12H,3-5,7,10-11,13H2,1-2H3,(H,20,23). The normalized spacial score (nSPS) is 14.7. The van der Waals surface area contributed by atoms with Crippen molar-refractivity contribution < 1.29 is 4.79 Å². The van der Waals surface area contributed by atoms with Crippen molar-refractivity contribution in [1.82, 2.24) is 14.5 Å². The van der Waals surface area contributed by atoms with Gasteiger partial charge in [0.2, 0.25) is 5.91 Å². The Bertz CT molecular complexity index is 842. The van der Waals surface area contributed by atoms with Crippen LogP contribution in [-0.2, 0) is 25.3 Å². The molecule has 1 heterocycles. The number of aryl methyl sites for hydroxylation is 2. The van der Waals surface area contributed by atoms with E-state index in [0.717, 1.165) is 23.0 Å². The summed E-state index contributed by atoms with van der Waals surface area (Å²) in [6, 6.07) is 5.76. The number of imidazole rings is 1. The molecular weight excluding hydrogens is 302 g/mol. The number of fused-ring (bicyclic) bond motifs is 1. The van der Waals surface area contributed by atoms with Crippen molar-refractivity contribution in [2.24, 2.45) is 14.1 Å². The highest BCUT2D eigenvalue weighted by Crippen LogP contribution is 2.19. The van der Waals surface area contributed by atoms with Crippen LogP contribution in [0.4, 0.5) is 0 Å². The van der Waals surface area contributed by atoms with E-state index in [1.807, 2.05) is 18.2 Å². The number of nitrogens with one attached hydrogen (secondary N) is 1. The molecule has 1 aromatic carbocycles. The molecule has 1 N–H and O–H groups in total. The van der Waals surface area contributed by atoms with Gasteiger partial charge in [0, 0.05) is 20.6 Å². The van der Waals surface area contributed by atoms with Crippen LogP contribution >= 0.6 is 0 Å². The van der Waals surface area contributed by atoms with Crippen molar-refractivity contribution in [1.29, 1.82) is 0 Å². The highest BCUT2D eigenvalue weighted by molar-refractivity contribution is 5.82. The second kappa shape index (κ2) is 7.07. The van der Waals surface area contributed by atoms with Crippen LogP contribution in [0, 0.1) is 0 Å². The van der Waals surface area contributed by atoms with Crippen LogP contribution in [0.3, 0.4) is 0 Å². The molecule has 0 aliphatic heterocycles. The molecule has 1 aliphatic carbocycles. The lowest BCUT2D eigenvalue weighted by molar-refractivity contribution is -0.120. The van der Waals surface area contributed by atoms with Gasteiger partial charge in [-0.3, -0.25) is 13.9 Å². The first-order valence-corrected chi connectivity index (χ1v) is 8.65. The van der Waals surface area contributed by atoms with E-state index in [0.29, 0.717) is 13.0 Å². The first kappa shape index (κ1) is 16.6. The van der Waals surface area contributed by atoms with Crippen molar-refractivity contribution in [3.8, 4) is 0 Å². The summed E-state index contributed by atoms with van der Waals surface area (Å²) in [5.74, 6) is 0.0340. The van der Waals surface area contributed by atoms with Gasteiger partial charge in [-0.15, -0.1) is 0 Å². The zero-order valence-electron chi connectivity index (χ0n) is 14.5. The molecule has 128 valence electrons. The van der Waals surface area contributed by atoms with Gasteiger partial charge >= 0.3 is 5.69 Å². The molecule has 1 aliphatic rings. The molecule has 0 atom stereocenters. The minimum atomic E-state index is -0.0487. The van der Waals surface area contributed by atoms with Gasteiger partial charge in [-0.2, -0.15) is 0 Å². The van der Waals surface area contributed by atoms with Gasteiger partial charge in [-0.1, -0.05) is 17.7 Å². The lowest BCUT2D eigenvalue weighted by Crippen LogP contribution is -2.26. The number of carbonyl (C=O) groups is 1. The summed E-state index contributed by atoms with van der Waals surface area (Å²) >= 11 is 0. The Morgan fingerprint density at radius 3 is 2.71 bits per heavy atom. The molecule has 24 heavy (non-hydrogen) atoms. The molecule has 0 unspecified atom stereocenters. The zero-order chi connectivity index (χ0) is 17.1. The SMILES string of the molecule is Cn1c(=O)n(C)c2cc(CC(=O)NCCC3=CCCCC3)ccc21. The highest BCUT2D eigenvalue weighted by Gasteiger charge is 2.10. The molecule has 1 amide bonds. The molecule has 2 aromatic rings. The van der Waals surface area contributed by atoms with Gasteiger partial charge in [0.25, 0.3) is 0 Å². The number of nitrogens with zero attached hydrogens (tertiary/aromatic N) is 2. The van der Waals surface area contributed by atoms with Crippen LogP contribution in [0.5, 0.6) is 0 Å². The predicted octanol–water partition coefficient (Wildman–Crippen LogP) is 2.43. The third-order valence-corrected chi connectivity index (χ3v) is 4.85. The lowest BCUT2D eigenvalue weighted by Gasteiger charge is -2.13. The number of hydrogen-bond acceptors (Lipinski definition) is 2. The van der Waals surface area contributed by atoms with Crippen LogP contribution in [0.1, 0.15) is 37.7 Å². The number of allylic oxidation sites excluding steroid dienone is 1. The molecule has 0 bridgehead atoms. The van der Waals surface area contributed by atoms with Crippen molar-refractivity contribution in [2.45, 2.75) is 38.5 Å². The first-order valence-electron chi connectivity index (χ1n) is 8.65. The highest BCUT2D eigenvalue weighted by atomic mass is 16.2. The Morgan fingerprint density at radius 2 is 1.96 bits per heavy atom. The summed E-state index contributed by atoms with van der Waals surface area (Å²) in [5.41, 5.74) is 4.10. The molecule has 0 saturated heterocycles. The topological polar surface area (TPSA) is 56.0 Å². The van der Waals surface area contributed by atoms with E-state index < -0.39 is 0 Å². The quantitative estimate of drug-likeness (QED) is 0.858. The molecule has 5 heteroatoms. The number of carbonyl (C=O) groups excluding carboxylic acids is 1. The predicted molar refractivity (Wildman–Crippen MR) is 96.0 cm³/mol. The number of rotatable bonds is 5. The fraction of sp³-hybridized carbons (Fsp3) is 0.474. The average molecular weight is 327 g/mol. The Kier molecular flexibility index (Phi) is 4.88. The fourth-order valence-corrected chi connectivity index (χ4v) is 3.40. The van der Waals surface area contributed by atoms with Crippen molar-refractivity contribution in [3.05, 3.63) is 45.9 Å². The summed E-state index contributed by atoms with van der Waals surface area (Å²) in [6.07, 6.45) is 8.54. The number of aromatic nitrogens is 2. The van der Waals surface area contributed by atoms with E-state index >= 15 is 0 Å². The zero-order valence-corrected chi connectivity index (χ0v) is 14.5. The largest absolute Gasteiger partial charge is 0.355 e. The molecule has 5 nitrogen and oxygen atoms in total. The minimum Gasteiger partial charge on any atom is -0.355 e. The van der Waals surface area contributed by atoms with Crippen molar-refractivity contribution in [2.75, 3.05) is 6.54 Å². The van der Waals surface area contributed by atoms with Crippen LogP contribution in [-0.4, -0.2) is 21.6 Å². The maximum atomic E-state index is 12.1. The summed E-state index contributed by atoms with van der Waals surface area (Å²) in [7, 11) is 3.52. The molecular formula is C19H25N3O2. The monoisotopic (exact) mass is 327 g/mol. The van der Waals surface area contributed by atoms with Crippen molar-refractivity contribution in [3.63, 3.8) is 0 Å². The molecule has 3 rings (SSSR count). The summed E-state index contributed by atoms with van der Waals surface area (Å²) in [5, 5.41) is 3.00. The Hall–Kier alpha value is -2.30. The summed E-state index contributed by atoms with van der Waals surface area (Å²) in [4.78, 5) is 24.1.